The van der Waals surface area contributed by atoms with E-state index in [0.29, 0.717) is 23.7 Å². The molecule has 7 heteroatoms. The van der Waals surface area contributed by atoms with Crippen LogP contribution in [0.5, 0.6) is 11.5 Å². The number of rotatable bonds is 9. The van der Waals surface area contributed by atoms with Gasteiger partial charge >= 0.3 is 5.97 Å². The molecule has 2 N–H and O–H groups in total. The maximum atomic E-state index is 12.6. The highest BCUT2D eigenvalue weighted by Gasteiger charge is 2.13. The lowest BCUT2D eigenvalue weighted by Crippen LogP contribution is -2.14. The molecule has 1 heterocycles. The quantitative estimate of drug-likeness (QED) is 0.646. The molecule has 0 unspecified atom stereocenters. The lowest BCUT2D eigenvalue weighted by molar-refractivity contribution is 0.0696. The smallest absolute Gasteiger partial charge is 0.337 e. The van der Waals surface area contributed by atoms with Crippen LogP contribution in [-0.4, -0.2) is 34.7 Å². The Kier molecular flexibility index (Phi) is 7.16. The van der Waals surface area contributed by atoms with Gasteiger partial charge in [-0.15, -0.1) is 0 Å². The van der Waals surface area contributed by atoms with Crippen molar-refractivity contribution in [1.82, 2.24) is 4.98 Å². The standard InChI is InChI=1S/C20H24N2O5/c1-4-5-8-26-16-9-15(10-17(11-16)27-13(2)3)19(23)22-18-7-6-14(12-21-18)20(24)25/h6-7,9-13H,4-5,8H2,1-3H3,(H,24,25)(H,21,22,23). The van der Waals surface area contributed by atoms with Gasteiger partial charge in [-0.2, -0.15) is 0 Å². The van der Waals surface area contributed by atoms with E-state index in [-0.39, 0.29) is 23.4 Å². The molecular formula is C20H24N2O5. The molecule has 27 heavy (non-hydrogen) atoms. The fourth-order valence-electron chi connectivity index (χ4n) is 2.24. The van der Waals surface area contributed by atoms with Gasteiger partial charge in [0.2, 0.25) is 0 Å². The molecule has 0 aliphatic rings. The number of pyridine rings is 1. The third kappa shape index (κ3) is 6.29. The summed E-state index contributed by atoms with van der Waals surface area (Å²) in [5.41, 5.74) is 0.413. The molecule has 0 saturated carbocycles. The van der Waals surface area contributed by atoms with Crippen LogP contribution in [0.15, 0.2) is 36.5 Å². The number of carbonyl (C=O) groups is 2. The van der Waals surface area contributed by atoms with Crippen LogP contribution in [0.1, 0.15) is 54.3 Å². The summed E-state index contributed by atoms with van der Waals surface area (Å²) in [4.78, 5) is 27.4. The van der Waals surface area contributed by atoms with Crippen LogP contribution < -0.4 is 14.8 Å². The van der Waals surface area contributed by atoms with Crippen LogP contribution in [0, 0.1) is 0 Å². The lowest BCUT2D eigenvalue weighted by Gasteiger charge is -2.14. The van der Waals surface area contributed by atoms with Crippen LogP contribution in [0.2, 0.25) is 0 Å². The van der Waals surface area contributed by atoms with E-state index in [9.17, 15) is 9.59 Å². The van der Waals surface area contributed by atoms with Gasteiger partial charge in [0.05, 0.1) is 18.3 Å². The molecule has 144 valence electrons. The molecular weight excluding hydrogens is 348 g/mol. The van der Waals surface area contributed by atoms with Crippen LogP contribution in [0.4, 0.5) is 5.82 Å². The van der Waals surface area contributed by atoms with Crippen molar-refractivity contribution in [2.24, 2.45) is 0 Å². The van der Waals surface area contributed by atoms with Crippen molar-refractivity contribution < 1.29 is 24.2 Å². The Bertz CT molecular complexity index is 787. The van der Waals surface area contributed by atoms with Crippen LogP contribution in [-0.2, 0) is 0 Å². The Hall–Kier alpha value is -3.09. The van der Waals surface area contributed by atoms with Gasteiger partial charge in [-0.1, -0.05) is 13.3 Å². The van der Waals surface area contributed by atoms with Gasteiger partial charge in [-0.05, 0) is 44.5 Å². The molecule has 1 aromatic heterocycles. The van der Waals surface area contributed by atoms with Gasteiger partial charge in [-0.3, -0.25) is 4.79 Å². The molecule has 2 aromatic rings. The van der Waals surface area contributed by atoms with E-state index in [2.05, 4.69) is 17.2 Å². The normalized spacial score (nSPS) is 10.5. The Labute approximate surface area is 158 Å². The number of carboxylic acid groups (broad SMARTS) is 1. The summed E-state index contributed by atoms with van der Waals surface area (Å²) < 4.78 is 11.4. The van der Waals surface area contributed by atoms with E-state index >= 15 is 0 Å². The first-order valence-electron chi connectivity index (χ1n) is 8.84. The number of amides is 1. The van der Waals surface area contributed by atoms with Gasteiger partial charge in [0.15, 0.2) is 0 Å². The van der Waals surface area contributed by atoms with E-state index in [0.717, 1.165) is 12.8 Å². The first kappa shape index (κ1) is 20.2. The topological polar surface area (TPSA) is 97.8 Å². The molecule has 1 aromatic carbocycles. The number of aromatic carboxylic acids is 1. The maximum absolute atomic E-state index is 12.6. The third-order valence-corrected chi connectivity index (χ3v) is 3.53. The van der Waals surface area contributed by atoms with Gasteiger partial charge < -0.3 is 19.9 Å². The van der Waals surface area contributed by atoms with Gasteiger partial charge in [0.1, 0.15) is 17.3 Å². The average molecular weight is 372 g/mol. The zero-order valence-electron chi connectivity index (χ0n) is 15.7. The summed E-state index contributed by atoms with van der Waals surface area (Å²) in [5.74, 6) is -0.110. The Morgan fingerprint density at radius 3 is 2.48 bits per heavy atom. The minimum atomic E-state index is -1.08. The fraction of sp³-hybridized carbons (Fsp3) is 0.350. The SMILES string of the molecule is CCCCOc1cc(OC(C)C)cc(C(=O)Nc2ccc(C(=O)O)cn2)c1. The van der Waals surface area contributed by atoms with Gasteiger partial charge in [-0.25, -0.2) is 9.78 Å². The van der Waals surface area contributed by atoms with Crippen molar-refractivity contribution in [3.8, 4) is 11.5 Å². The number of hydrogen-bond acceptors (Lipinski definition) is 5. The van der Waals surface area contributed by atoms with Gasteiger partial charge in [0.25, 0.3) is 5.91 Å². The van der Waals surface area contributed by atoms with Crippen molar-refractivity contribution in [1.29, 1.82) is 0 Å². The molecule has 7 nitrogen and oxygen atoms in total. The molecule has 0 aliphatic heterocycles. The number of aromatic nitrogens is 1. The summed E-state index contributed by atoms with van der Waals surface area (Å²) in [6, 6.07) is 7.85. The molecule has 0 radical (unpaired) electrons. The summed E-state index contributed by atoms with van der Waals surface area (Å²) >= 11 is 0. The van der Waals surface area contributed by atoms with Crippen molar-refractivity contribution in [3.63, 3.8) is 0 Å². The number of carboxylic acids is 1. The molecule has 2 rings (SSSR count). The third-order valence-electron chi connectivity index (χ3n) is 3.53. The first-order valence-corrected chi connectivity index (χ1v) is 8.84. The first-order chi connectivity index (χ1) is 12.9. The molecule has 0 atom stereocenters. The molecule has 0 saturated heterocycles. The van der Waals surface area contributed by atoms with Crippen LogP contribution in [0.25, 0.3) is 0 Å². The minimum Gasteiger partial charge on any atom is -0.493 e. The van der Waals surface area contributed by atoms with E-state index in [1.165, 1.54) is 18.3 Å². The molecule has 1 amide bonds. The van der Waals surface area contributed by atoms with E-state index < -0.39 is 5.97 Å². The Morgan fingerprint density at radius 1 is 1.15 bits per heavy atom. The predicted molar refractivity (Wildman–Crippen MR) is 102 cm³/mol. The molecule has 0 bridgehead atoms. The van der Waals surface area contributed by atoms with Crippen molar-refractivity contribution in [3.05, 3.63) is 47.7 Å². The highest BCUT2D eigenvalue weighted by atomic mass is 16.5. The highest BCUT2D eigenvalue weighted by Crippen LogP contribution is 2.25. The second-order valence-electron chi connectivity index (χ2n) is 6.25. The number of hydrogen-bond donors (Lipinski definition) is 2. The number of benzene rings is 1. The second kappa shape index (κ2) is 9.56. The highest BCUT2D eigenvalue weighted by molar-refractivity contribution is 6.04. The van der Waals surface area contributed by atoms with E-state index in [1.807, 2.05) is 13.8 Å². The minimum absolute atomic E-state index is 0.0444. The van der Waals surface area contributed by atoms with Crippen LogP contribution in [0.3, 0.4) is 0 Å². The summed E-state index contributed by atoms with van der Waals surface area (Å²) in [6.45, 7) is 6.43. The number of nitrogens with one attached hydrogen (secondary N) is 1. The number of unbranched alkanes of at least 4 members (excludes halogenated alkanes) is 1. The maximum Gasteiger partial charge on any atom is 0.337 e. The fourth-order valence-corrected chi connectivity index (χ4v) is 2.24. The Morgan fingerprint density at radius 2 is 1.89 bits per heavy atom. The Balaban J connectivity index is 2.19. The summed E-state index contributed by atoms with van der Waals surface area (Å²) in [7, 11) is 0. The largest absolute Gasteiger partial charge is 0.493 e. The number of carbonyl (C=O) groups excluding carboxylic acids is 1. The summed E-state index contributed by atoms with van der Waals surface area (Å²) in [6.07, 6.45) is 3.07. The average Bonchev–Trinajstić information content (AvgIpc) is 2.61. The molecule has 0 aliphatic carbocycles. The van der Waals surface area contributed by atoms with Crippen molar-refractivity contribution in [2.75, 3.05) is 11.9 Å². The number of nitrogens with zero attached hydrogens (tertiary/aromatic N) is 1. The second-order valence-corrected chi connectivity index (χ2v) is 6.25. The lowest BCUT2D eigenvalue weighted by atomic mass is 10.2. The van der Waals surface area contributed by atoms with Crippen LogP contribution >= 0.6 is 0 Å². The number of anilines is 1. The number of ether oxygens (including phenoxy) is 2. The summed E-state index contributed by atoms with van der Waals surface area (Å²) in [5, 5.41) is 11.5. The zero-order chi connectivity index (χ0) is 19.8. The molecule has 0 spiro atoms. The van der Waals surface area contributed by atoms with Gasteiger partial charge in [0, 0.05) is 17.8 Å². The van der Waals surface area contributed by atoms with Crippen molar-refractivity contribution in [2.45, 2.75) is 39.7 Å². The predicted octanol–water partition coefficient (Wildman–Crippen LogP) is 4.00. The van der Waals surface area contributed by atoms with E-state index in [4.69, 9.17) is 14.6 Å². The zero-order valence-corrected chi connectivity index (χ0v) is 15.7. The van der Waals surface area contributed by atoms with E-state index in [1.54, 1.807) is 18.2 Å². The monoisotopic (exact) mass is 372 g/mol. The van der Waals surface area contributed by atoms with Crippen molar-refractivity contribution >= 4 is 17.7 Å². The molecule has 0 fully saturated rings.